The van der Waals surface area contributed by atoms with Crippen LogP contribution >= 0.6 is 11.8 Å². The van der Waals surface area contributed by atoms with Gasteiger partial charge < -0.3 is 4.90 Å². The van der Waals surface area contributed by atoms with Gasteiger partial charge in [-0.25, -0.2) is 0 Å². The van der Waals surface area contributed by atoms with E-state index in [1.54, 1.807) is 23.7 Å². The van der Waals surface area contributed by atoms with Crippen LogP contribution in [0, 0.1) is 23.2 Å². The number of hydrogen-bond donors (Lipinski definition) is 0. The van der Waals surface area contributed by atoms with Crippen molar-refractivity contribution in [2.75, 3.05) is 19.1 Å². The van der Waals surface area contributed by atoms with Gasteiger partial charge in [-0.1, -0.05) is 13.8 Å². The zero-order valence-corrected chi connectivity index (χ0v) is 11.0. The molecule has 0 radical (unpaired) electrons. The monoisotopic (exact) mass is 228 g/mol. The average molecular weight is 228 g/mol. The fraction of sp³-hybridized carbons (Fsp3) is 0.818. The number of amides is 1. The zero-order chi connectivity index (χ0) is 12.0. The molecular weight excluding hydrogens is 208 g/mol. The molecule has 0 aromatic carbocycles. The van der Waals surface area contributed by atoms with Gasteiger partial charge >= 0.3 is 0 Å². The molecule has 0 saturated carbocycles. The first-order chi connectivity index (χ1) is 6.95. The lowest BCUT2D eigenvalue weighted by atomic mass is 9.96. The number of rotatable bonds is 5. The Bertz CT molecular complexity index is 247. The van der Waals surface area contributed by atoms with Crippen molar-refractivity contribution in [1.82, 2.24) is 4.90 Å². The molecule has 0 spiro atoms. The van der Waals surface area contributed by atoms with Crippen LogP contribution in [-0.4, -0.2) is 35.9 Å². The number of nitrogens with zero attached hydrogens (tertiary/aromatic N) is 2. The molecule has 1 amide bonds. The largest absolute Gasteiger partial charge is 0.341 e. The molecule has 2 unspecified atom stereocenters. The van der Waals surface area contributed by atoms with Gasteiger partial charge in [-0.3, -0.25) is 4.79 Å². The average Bonchev–Trinajstić information content (AvgIpc) is 2.17. The highest BCUT2D eigenvalue weighted by molar-refractivity contribution is 7.98. The van der Waals surface area contributed by atoms with Crippen LogP contribution in [0.5, 0.6) is 0 Å². The van der Waals surface area contributed by atoms with E-state index in [-0.39, 0.29) is 17.9 Å². The van der Waals surface area contributed by atoms with Gasteiger partial charge in [0.2, 0.25) is 5.91 Å². The first-order valence-corrected chi connectivity index (χ1v) is 6.50. The van der Waals surface area contributed by atoms with Crippen molar-refractivity contribution in [2.24, 2.45) is 11.8 Å². The SMILES string of the molecule is CSCC(C)N(C)C(=O)C(C#N)C(C)C. The maximum Gasteiger partial charge on any atom is 0.240 e. The lowest BCUT2D eigenvalue weighted by molar-refractivity contribution is -0.134. The Balaban J connectivity index is 4.49. The minimum absolute atomic E-state index is 0.0611. The molecule has 0 heterocycles. The molecule has 0 aliphatic carbocycles. The first-order valence-electron chi connectivity index (χ1n) is 5.10. The fourth-order valence-electron chi connectivity index (χ4n) is 1.28. The summed E-state index contributed by atoms with van der Waals surface area (Å²) >= 11 is 1.71. The van der Waals surface area contributed by atoms with Crippen molar-refractivity contribution >= 4 is 17.7 Å². The van der Waals surface area contributed by atoms with Crippen LogP contribution in [0.15, 0.2) is 0 Å². The first kappa shape index (κ1) is 14.3. The molecule has 0 aromatic rings. The van der Waals surface area contributed by atoms with Crippen LogP contribution in [0.2, 0.25) is 0 Å². The predicted molar refractivity (Wildman–Crippen MR) is 64.6 cm³/mol. The summed E-state index contributed by atoms with van der Waals surface area (Å²) in [5, 5.41) is 8.92. The maximum atomic E-state index is 11.9. The molecule has 0 aliphatic rings. The third-order valence-electron chi connectivity index (χ3n) is 2.49. The lowest BCUT2D eigenvalue weighted by Crippen LogP contribution is -2.41. The maximum absolute atomic E-state index is 11.9. The molecule has 2 atom stereocenters. The summed E-state index contributed by atoms with van der Waals surface area (Å²) in [6, 6.07) is 2.26. The van der Waals surface area contributed by atoms with Gasteiger partial charge in [0.15, 0.2) is 0 Å². The minimum Gasteiger partial charge on any atom is -0.341 e. The number of thioether (sulfide) groups is 1. The molecule has 0 saturated heterocycles. The third-order valence-corrected chi connectivity index (χ3v) is 3.30. The highest BCUT2D eigenvalue weighted by Gasteiger charge is 2.27. The van der Waals surface area contributed by atoms with Crippen LogP contribution in [0.1, 0.15) is 20.8 Å². The molecule has 0 rings (SSSR count). The quantitative estimate of drug-likeness (QED) is 0.723. The summed E-state index contributed by atoms with van der Waals surface area (Å²) in [5.41, 5.74) is 0. The highest BCUT2D eigenvalue weighted by Crippen LogP contribution is 2.15. The van der Waals surface area contributed by atoms with Gasteiger partial charge in [0.05, 0.1) is 6.07 Å². The van der Waals surface area contributed by atoms with Gasteiger partial charge in [-0.05, 0) is 19.1 Å². The van der Waals surface area contributed by atoms with Crippen LogP contribution in [0.25, 0.3) is 0 Å². The van der Waals surface area contributed by atoms with Gasteiger partial charge in [0.25, 0.3) is 0 Å². The summed E-state index contributed by atoms with van der Waals surface area (Å²) in [5.74, 6) is 0.401. The third kappa shape index (κ3) is 4.13. The Labute approximate surface area is 96.8 Å². The molecule has 86 valence electrons. The summed E-state index contributed by atoms with van der Waals surface area (Å²) < 4.78 is 0. The Morgan fingerprint density at radius 1 is 1.47 bits per heavy atom. The number of hydrogen-bond acceptors (Lipinski definition) is 3. The summed E-state index contributed by atoms with van der Waals surface area (Å²) in [6.07, 6.45) is 2.01. The molecule has 4 heteroatoms. The number of carbonyl (C=O) groups excluding carboxylic acids is 1. The predicted octanol–water partition coefficient (Wildman–Crippen LogP) is 1.99. The van der Waals surface area contributed by atoms with Crippen molar-refractivity contribution in [2.45, 2.75) is 26.8 Å². The summed E-state index contributed by atoms with van der Waals surface area (Å²) in [6.45, 7) is 5.81. The summed E-state index contributed by atoms with van der Waals surface area (Å²) in [7, 11) is 1.77. The highest BCUT2D eigenvalue weighted by atomic mass is 32.2. The van der Waals surface area contributed by atoms with Crippen molar-refractivity contribution in [1.29, 1.82) is 5.26 Å². The van der Waals surface area contributed by atoms with Gasteiger partial charge in [-0.15, -0.1) is 0 Å². The van der Waals surface area contributed by atoms with E-state index in [0.717, 1.165) is 5.75 Å². The molecule has 0 bridgehead atoms. The second-order valence-corrected chi connectivity index (χ2v) is 5.01. The Kier molecular flexibility index (Phi) is 6.42. The standard InChI is InChI=1S/C11H20N2OS/c1-8(2)10(6-12)11(14)13(4)9(3)7-15-5/h8-10H,7H2,1-5H3. The number of carbonyl (C=O) groups is 1. The Morgan fingerprint density at radius 2 is 2.00 bits per heavy atom. The molecule has 3 nitrogen and oxygen atoms in total. The van der Waals surface area contributed by atoms with Crippen molar-refractivity contribution in [3.63, 3.8) is 0 Å². The van der Waals surface area contributed by atoms with E-state index in [1.807, 2.05) is 27.0 Å². The molecule has 0 aromatic heterocycles. The summed E-state index contributed by atoms with van der Waals surface area (Å²) in [4.78, 5) is 13.6. The van der Waals surface area contributed by atoms with Gasteiger partial charge in [-0.2, -0.15) is 17.0 Å². The van der Waals surface area contributed by atoms with E-state index in [0.29, 0.717) is 0 Å². The van der Waals surface area contributed by atoms with Crippen LogP contribution in [-0.2, 0) is 4.79 Å². The Hall–Kier alpha value is -0.690. The molecule has 0 N–H and O–H groups in total. The van der Waals surface area contributed by atoms with E-state index >= 15 is 0 Å². The van der Waals surface area contributed by atoms with E-state index in [1.165, 1.54) is 0 Å². The van der Waals surface area contributed by atoms with Crippen LogP contribution in [0.4, 0.5) is 0 Å². The van der Waals surface area contributed by atoms with Gasteiger partial charge in [0.1, 0.15) is 5.92 Å². The normalized spacial score (nSPS) is 14.5. The fourth-order valence-corrected chi connectivity index (χ4v) is 1.99. The van der Waals surface area contributed by atoms with Crippen LogP contribution < -0.4 is 0 Å². The second kappa shape index (κ2) is 6.73. The van der Waals surface area contributed by atoms with E-state index < -0.39 is 5.92 Å². The zero-order valence-electron chi connectivity index (χ0n) is 10.2. The van der Waals surface area contributed by atoms with E-state index in [4.69, 9.17) is 5.26 Å². The molecule has 0 fully saturated rings. The van der Waals surface area contributed by atoms with Crippen molar-refractivity contribution in [3.8, 4) is 6.07 Å². The van der Waals surface area contributed by atoms with E-state index in [2.05, 4.69) is 6.07 Å². The van der Waals surface area contributed by atoms with Crippen molar-refractivity contribution < 1.29 is 4.79 Å². The van der Waals surface area contributed by atoms with Gasteiger partial charge in [0, 0.05) is 18.8 Å². The van der Waals surface area contributed by atoms with Crippen LogP contribution in [0.3, 0.4) is 0 Å². The Morgan fingerprint density at radius 3 is 2.33 bits per heavy atom. The van der Waals surface area contributed by atoms with Crippen molar-refractivity contribution in [3.05, 3.63) is 0 Å². The molecular formula is C11H20N2OS. The molecule has 15 heavy (non-hydrogen) atoms. The number of nitriles is 1. The smallest absolute Gasteiger partial charge is 0.240 e. The minimum atomic E-state index is -0.515. The second-order valence-electron chi connectivity index (χ2n) is 4.10. The molecule has 0 aliphatic heterocycles. The van der Waals surface area contributed by atoms with E-state index in [9.17, 15) is 4.79 Å². The topological polar surface area (TPSA) is 44.1 Å². The lowest BCUT2D eigenvalue weighted by Gasteiger charge is -2.27.